The standard InChI is InChI=1S/C11H10BrFO/c12-9-5-1-4-8(11(9)13)7-3-2-6-10(7)14/h1,4-5,7H,2-3,6H2. The van der Waals surface area contributed by atoms with E-state index < -0.39 is 0 Å². The summed E-state index contributed by atoms with van der Waals surface area (Å²) >= 11 is 3.13. The Labute approximate surface area is 90.4 Å². The van der Waals surface area contributed by atoms with Gasteiger partial charge in [0.1, 0.15) is 11.6 Å². The smallest absolute Gasteiger partial charge is 0.141 e. The summed E-state index contributed by atoms with van der Waals surface area (Å²) < 4.78 is 14.1. The Morgan fingerprint density at radius 1 is 1.43 bits per heavy atom. The minimum absolute atomic E-state index is 0.169. The van der Waals surface area contributed by atoms with Gasteiger partial charge in [-0.3, -0.25) is 4.79 Å². The van der Waals surface area contributed by atoms with Crippen molar-refractivity contribution in [2.24, 2.45) is 0 Å². The van der Waals surface area contributed by atoms with E-state index in [0.717, 1.165) is 12.8 Å². The van der Waals surface area contributed by atoms with Crippen molar-refractivity contribution in [2.75, 3.05) is 0 Å². The van der Waals surface area contributed by atoms with Gasteiger partial charge in [-0.15, -0.1) is 0 Å². The first kappa shape index (κ1) is 9.84. The number of carbonyl (C=O) groups excluding carboxylic acids is 1. The van der Waals surface area contributed by atoms with Gasteiger partial charge in [0, 0.05) is 12.3 Å². The number of carbonyl (C=O) groups is 1. The van der Waals surface area contributed by atoms with Crippen LogP contribution in [0.2, 0.25) is 0 Å². The van der Waals surface area contributed by atoms with Crippen LogP contribution in [-0.2, 0) is 4.79 Å². The summed E-state index contributed by atoms with van der Waals surface area (Å²) in [4.78, 5) is 11.5. The lowest BCUT2D eigenvalue weighted by Crippen LogP contribution is -2.06. The minimum Gasteiger partial charge on any atom is -0.299 e. The van der Waals surface area contributed by atoms with E-state index in [0.29, 0.717) is 16.5 Å². The highest BCUT2D eigenvalue weighted by molar-refractivity contribution is 9.10. The van der Waals surface area contributed by atoms with Crippen LogP contribution in [0.1, 0.15) is 30.7 Å². The van der Waals surface area contributed by atoms with Crippen molar-refractivity contribution < 1.29 is 9.18 Å². The molecule has 1 aromatic carbocycles. The van der Waals surface area contributed by atoms with Crippen LogP contribution in [0, 0.1) is 5.82 Å². The lowest BCUT2D eigenvalue weighted by Gasteiger charge is -2.09. The van der Waals surface area contributed by atoms with Gasteiger partial charge in [-0.2, -0.15) is 0 Å². The van der Waals surface area contributed by atoms with Gasteiger partial charge in [0.2, 0.25) is 0 Å². The zero-order chi connectivity index (χ0) is 10.1. The minimum atomic E-state index is -0.284. The van der Waals surface area contributed by atoms with Crippen LogP contribution in [0.15, 0.2) is 22.7 Å². The van der Waals surface area contributed by atoms with E-state index in [-0.39, 0.29) is 17.5 Å². The van der Waals surface area contributed by atoms with E-state index in [2.05, 4.69) is 15.9 Å². The molecule has 74 valence electrons. The van der Waals surface area contributed by atoms with Crippen LogP contribution in [0.25, 0.3) is 0 Å². The monoisotopic (exact) mass is 256 g/mol. The highest BCUT2D eigenvalue weighted by atomic mass is 79.9. The average Bonchev–Trinajstić information content (AvgIpc) is 2.57. The number of hydrogen-bond acceptors (Lipinski definition) is 1. The molecule has 0 amide bonds. The van der Waals surface area contributed by atoms with E-state index in [4.69, 9.17) is 0 Å². The molecule has 14 heavy (non-hydrogen) atoms. The van der Waals surface area contributed by atoms with E-state index in [1.165, 1.54) is 0 Å². The van der Waals surface area contributed by atoms with Crippen LogP contribution in [0.5, 0.6) is 0 Å². The summed E-state index contributed by atoms with van der Waals surface area (Å²) in [5.74, 6) is -0.331. The van der Waals surface area contributed by atoms with Crippen molar-refractivity contribution in [1.29, 1.82) is 0 Å². The van der Waals surface area contributed by atoms with Crippen molar-refractivity contribution in [3.63, 3.8) is 0 Å². The van der Waals surface area contributed by atoms with Crippen molar-refractivity contribution in [1.82, 2.24) is 0 Å². The Bertz CT molecular complexity index is 376. The number of benzene rings is 1. The van der Waals surface area contributed by atoms with Gasteiger partial charge < -0.3 is 0 Å². The molecule has 0 saturated heterocycles. The highest BCUT2D eigenvalue weighted by Gasteiger charge is 2.28. The summed E-state index contributed by atoms with van der Waals surface area (Å²) in [7, 11) is 0. The zero-order valence-corrected chi connectivity index (χ0v) is 9.18. The highest BCUT2D eigenvalue weighted by Crippen LogP contribution is 2.34. The maximum absolute atomic E-state index is 13.6. The predicted molar refractivity (Wildman–Crippen MR) is 55.7 cm³/mol. The molecule has 1 saturated carbocycles. The molecule has 1 nitrogen and oxygen atoms in total. The molecule has 0 radical (unpaired) electrons. The molecule has 1 aliphatic rings. The molecule has 0 heterocycles. The van der Waals surface area contributed by atoms with Gasteiger partial charge in [-0.05, 0) is 40.4 Å². The average molecular weight is 257 g/mol. The second-order valence-electron chi connectivity index (χ2n) is 3.55. The van der Waals surface area contributed by atoms with E-state index in [1.54, 1.807) is 18.2 Å². The van der Waals surface area contributed by atoms with Crippen LogP contribution in [0.4, 0.5) is 4.39 Å². The maximum Gasteiger partial charge on any atom is 0.141 e. The molecule has 1 aliphatic carbocycles. The van der Waals surface area contributed by atoms with Crippen LogP contribution < -0.4 is 0 Å². The molecule has 1 unspecified atom stereocenters. The van der Waals surface area contributed by atoms with Gasteiger partial charge in [0.15, 0.2) is 0 Å². The molecule has 1 atom stereocenters. The molecule has 0 spiro atoms. The van der Waals surface area contributed by atoms with Gasteiger partial charge in [0.25, 0.3) is 0 Å². The first-order valence-corrected chi connectivity index (χ1v) is 5.46. The third kappa shape index (κ3) is 1.61. The van der Waals surface area contributed by atoms with Crippen LogP contribution >= 0.6 is 15.9 Å². The molecule has 1 fully saturated rings. The van der Waals surface area contributed by atoms with E-state index in [1.807, 2.05) is 0 Å². The van der Waals surface area contributed by atoms with Crippen molar-refractivity contribution in [2.45, 2.75) is 25.2 Å². The second kappa shape index (κ2) is 3.81. The fourth-order valence-corrected chi connectivity index (χ4v) is 2.32. The molecular formula is C11H10BrFO. The summed E-state index contributed by atoms with van der Waals surface area (Å²) in [5.41, 5.74) is 0.543. The Morgan fingerprint density at radius 2 is 2.21 bits per heavy atom. The Morgan fingerprint density at radius 3 is 2.86 bits per heavy atom. The molecule has 0 aromatic heterocycles. The molecule has 0 bridgehead atoms. The third-order valence-corrected chi connectivity index (χ3v) is 3.27. The van der Waals surface area contributed by atoms with Crippen LogP contribution in [0.3, 0.4) is 0 Å². The van der Waals surface area contributed by atoms with Crippen molar-refractivity contribution >= 4 is 21.7 Å². The van der Waals surface area contributed by atoms with Crippen molar-refractivity contribution in [3.05, 3.63) is 34.1 Å². The van der Waals surface area contributed by atoms with E-state index >= 15 is 0 Å². The van der Waals surface area contributed by atoms with E-state index in [9.17, 15) is 9.18 Å². The topological polar surface area (TPSA) is 17.1 Å². The number of Topliss-reactive ketones (excluding diaryl/α,β-unsaturated/α-hetero) is 1. The maximum atomic E-state index is 13.6. The van der Waals surface area contributed by atoms with Crippen molar-refractivity contribution in [3.8, 4) is 0 Å². The van der Waals surface area contributed by atoms with Gasteiger partial charge in [0.05, 0.1) is 4.47 Å². The Hall–Kier alpha value is -0.700. The molecule has 0 N–H and O–H groups in total. The summed E-state index contributed by atoms with van der Waals surface area (Å²) in [5, 5.41) is 0. The van der Waals surface area contributed by atoms with Crippen LogP contribution in [-0.4, -0.2) is 5.78 Å². The Kier molecular flexibility index (Phi) is 2.68. The fourth-order valence-electron chi connectivity index (χ4n) is 1.93. The number of rotatable bonds is 1. The third-order valence-electron chi connectivity index (χ3n) is 2.66. The van der Waals surface area contributed by atoms with Gasteiger partial charge in [-0.25, -0.2) is 4.39 Å². The predicted octanol–water partition coefficient (Wildman–Crippen LogP) is 3.42. The number of ketones is 1. The van der Waals surface area contributed by atoms with Gasteiger partial charge >= 0.3 is 0 Å². The molecule has 0 aliphatic heterocycles. The summed E-state index contributed by atoms with van der Waals surface area (Å²) in [6.45, 7) is 0. The number of halogens is 2. The molecule has 3 heteroatoms. The SMILES string of the molecule is O=C1CCCC1c1cccc(Br)c1F. The first-order chi connectivity index (χ1) is 6.70. The fraction of sp³-hybridized carbons (Fsp3) is 0.364. The lowest BCUT2D eigenvalue weighted by molar-refractivity contribution is -0.118. The zero-order valence-electron chi connectivity index (χ0n) is 7.59. The second-order valence-corrected chi connectivity index (χ2v) is 4.41. The number of hydrogen-bond donors (Lipinski definition) is 0. The first-order valence-electron chi connectivity index (χ1n) is 4.67. The lowest BCUT2D eigenvalue weighted by atomic mass is 9.96. The summed E-state index contributed by atoms with van der Waals surface area (Å²) in [6.07, 6.45) is 2.26. The Balaban J connectivity index is 2.41. The largest absolute Gasteiger partial charge is 0.299 e. The normalized spacial score (nSPS) is 21.6. The molecular weight excluding hydrogens is 247 g/mol. The quantitative estimate of drug-likeness (QED) is 0.753. The van der Waals surface area contributed by atoms with Gasteiger partial charge in [-0.1, -0.05) is 12.1 Å². The summed E-state index contributed by atoms with van der Waals surface area (Å²) in [6, 6.07) is 5.13. The molecule has 1 aromatic rings. The molecule has 2 rings (SSSR count).